The lowest BCUT2D eigenvalue weighted by atomic mass is 9.45. The van der Waals surface area contributed by atoms with Gasteiger partial charge in [0.25, 0.3) is 0 Å². The summed E-state index contributed by atoms with van der Waals surface area (Å²) >= 11 is 0. The van der Waals surface area contributed by atoms with Gasteiger partial charge in [0, 0.05) is 18.2 Å². The smallest absolute Gasteiger partial charge is 0.165 e. The molecule has 152 valence electrons. The summed E-state index contributed by atoms with van der Waals surface area (Å²) in [4.78, 5) is 13.5. The molecule has 0 spiro atoms. The van der Waals surface area contributed by atoms with Crippen molar-refractivity contribution in [2.45, 2.75) is 85.1 Å². The molecule has 0 aliphatic heterocycles. The minimum atomic E-state index is -0.123. The molecule has 3 heteroatoms. The number of allylic oxidation sites excluding steroid dienone is 1. The number of hydrogen-bond acceptors (Lipinski definition) is 2. The Morgan fingerprint density at radius 3 is 2.82 bits per heavy atom. The van der Waals surface area contributed by atoms with Crippen LogP contribution in [0.25, 0.3) is 6.08 Å². The van der Waals surface area contributed by atoms with Crippen LogP contribution in [0.1, 0.15) is 84.3 Å². The van der Waals surface area contributed by atoms with Crippen molar-refractivity contribution in [1.29, 1.82) is 0 Å². The van der Waals surface area contributed by atoms with Gasteiger partial charge in [0.1, 0.15) is 0 Å². The number of rotatable bonds is 2. The van der Waals surface area contributed by atoms with Crippen LogP contribution in [-0.4, -0.2) is 15.6 Å². The molecular weight excluding hydrogens is 344 g/mol. The summed E-state index contributed by atoms with van der Waals surface area (Å²) in [5.41, 5.74) is 2.58. The SMILES string of the molecule is CCn1nccc1/C=C1\C[C@H]2[C@@H]3CC[C@@H]4CCCC[C@]4(C)[C@H]3CC[C@]2(C)C1=O. The standard InChI is InChI=1S/C25H36N2O/c1-4-27-19(11-14-26-27)15-17-16-22-20-9-8-18-7-5-6-12-24(18,2)21(20)10-13-25(22,3)23(17)28/h11,14-15,18,20-22H,4-10,12-13,16H2,1-3H3/b17-15+/t18-,20+,21-,22-,24-,25-/m0/s1. The Labute approximate surface area is 170 Å². The van der Waals surface area contributed by atoms with Crippen LogP contribution in [0, 0.1) is 34.5 Å². The van der Waals surface area contributed by atoms with Crippen molar-refractivity contribution in [3.8, 4) is 0 Å². The topological polar surface area (TPSA) is 34.9 Å². The first-order valence-corrected chi connectivity index (χ1v) is 11.7. The summed E-state index contributed by atoms with van der Waals surface area (Å²) < 4.78 is 2.00. The van der Waals surface area contributed by atoms with E-state index in [1.807, 2.05) is 16.9 Å². The molecular formula is C25H36N2O. The van der Waals surface area contributed by atoms with E-state index in [2.05, 4.69) is 31.9 Å². The van der Waals surface area contributed by atoms with Crippen molar-refractivity contribution < 1.29 is 4.79 Å². The molecule has 28 heavy (non-hydrogen) atoms. The molecule has 0 aromatic carbocycles. The van der Waals surface area contributed by atoms with Crippen LogP contribution in [0.5, 0.6) is 0 Å². The maximum absolute atomic E-state index is 13.5. The summed E-state index contributed by atoms with van der Waals surface area (Å²) in [6.45, 7) is 7.87. The zero-order valence-electron chi connectivity index (χ0n) is 17.9. The summed E-state index contributed by atoms with van der Waals surface area (Å²) in [5, 5.41) is 4.39. The van der Waals surface area contributed by atoms with Crippen LogP contribution in [0.2, 0.25) is 0 Å². The fourth-order valence-corrected chi connectivity index (χ4v) is 8.00. The second kappa shape index (κ2) is 6.57. The summed E-state index contributed by atoms with van der Waals surface area (Å²) in [7, 11) is 0. The molecule has 0 radical (unpaired) electrons. The Morgan fingerprint density at radius 1 is 1.14 bits per heavy atom. The number of ketones is 1. The third-order valence-electron chi connectivity index (χ3n) is 9.59. The van der Waals surface area contributed by atoms with Gasteiger partial charge in [-0.2, -0.15) is 5.10 Å². The van der Waals surface area contributed by atoms with Crippen LogP contribution >= 0.6 is 0 Å². The van der Waals surface area contributed by atoms with E-state index < -0.39 is 0 Å². The summed E-state index contributed by atoms with van der Waals surface area (Å²) in [6.07, 6.45) is 15.9. The van der Waals surface area contributed by atoms with Crippen LogP contribution in [-0.2, 0) is 11.3 Å². The normalized spacial score (nSPS) is 44.2. The number of nitrogens with zero attached hydrogens (tertiary/aromatic N) is 2. The average Bonchev–Trinajstić information content (AvgIpc) is 3.24. The van der Waals surface area contributed by atoms with Crippen molar-refractivity contribution in [3.63, 3.8) is 0 Å². The molecule has 0 unspecified atom stereocenters. The van der Waals surface area contributed by atoms with Crippen molar-refractivity contribution in [2.24, 2.45) is 34.5 Å². The molecule has 4 fully saturated rings. The van der Waals surface area contributed by atoms with Crippen molar-refractivity contribution in [3.05, 3.63) is 23.5 Å². The van der Waals surface area contributed by atoms with Crippen LogP contribution in [0.4, 0.5) is 0 Å². The number of carbonyl (C=O) groups is 1. The lowest BCUT2D eigenvalue weighted by molar-refractivity contribution is -0.137. The largest absolute Gasteiger partial charge is 0.294 e. The van der Waals surface area contributed by atoms with E-state index in [4.69, 9.17) is 0 Å². The predicted octanol–water partition coefficient (Wildman–Crippen LogP) is 5.90. The number of Topliss-reactive ketones (excluding diaryl/α,β-unsaturated/α-hetero) is 1. The maximum atomic E-state index is 13.5. The van der Waals surface area contributed by atoms with Gasteiger partial charge in [0.05, 0.1) is 5.69 Å². The minimum Gasteiger partial charge on any atom is -0.294 e. The van der Waals surface area contributed by atoms with Gasteiger partial charge in [0.2, 0.25) is 0 Å². The van der Waals surface area contributed by atoms with Gasteiger partial charge in [0.15, 0.2) is 5.78 Å². The van der Waals surface area contributed by atoms with Gasteiger partial charge in [-0.05, 0) is 98.7 Å². The molecule has 4 saturated carbocycles. The van der Waals surface area contributed by atoms with Gasteiger partial charge in [-0.25, -0.2) is 0 Å². The van der Waals surface area contributed by atoms with Gasteiger partial charge < -0.3 is 0 Å². The molecule has 5 rings (SSSR count). The molecule has 1 aromatic heterocycles. The second-order valence-electron chi connectivity index (χ2n) is 10.6. The van der Waals surface area contributed by atoms with Gasteiger partial charge in [-0.15, -0.1) is 0 Å². The van der Waals surface area contributed by atoms with E-state index >= 15 is 0 Å². The molecule has 1 heterocycles. The number of aryl methyl sites for hydroxylation is 1. The van der Waals surface area contributed by atoms with E-state index in [1.54, 1.807) is 0 Å². The Hall–Kier alpha value is -1.38. The van der Waals surface area contributed by atoms with E-state index in [1.165, 1.54) is 44.9 Å². The average molecular weight is 381 g/mol. The van der Waals surface area contributed by atoms with Gasteiger partial charge in [-0.1, -0.05) is 26.7 Å². The summed E-state index contributed by atoms with van der Waals surface area (Å²) in [6, 6.07) is 2.05. The van der Waals surface area contributed by atoms with Crippen LogP contribution in [0.3, 0.4) is 0 Å². The fraction of sp³-hybridized carbons (Fsp3) is 0.760. The number of aromatic nitrogens is 2. The molecule has 0 bridgehead atoms. The third-order valence-corrected chi connectivity index (χ3v) is 9.59. The lowest BCUT2D eigenvalue weighted by Crippen LogP contribution is -2.52. The molecule has 0 N–H and O–H groups in total. The van der Waals surface area contributed by atoms with Crippen LogP contribution < -0.4 is 0 Å². The van der Waals surface area contributed by atoms with Crippen molar-refractivity contribution in [1.82, 2.24) is 9.78 Å². The lowest BCUT2D eigenvalue weighted by Gasteiger charge is -2.59. The van der Waals surface area contributed by atoms with E-state index in [9.17, 15) is 4.79 Å². The molecule has 6 atom stereocenters. The highest BCUT2D eigenvalue weighted by Crippen LogP contribution is 2.66. The first kappa shape index (κ1) is 18.6. The third kappa shape index (κ3) is 2.53. The first-order chi connectivity index (χ1) is 13.5. The summed E-state index contributed by atoms with van der Waals surface area (Å²) in [5.74, 6) is 3.54. The quantitative estimate of drug-likeness (QED) is 0.599. The monoisotopic (exact) mass is 380 g/mol. The number of hydrogen-bond donors (Lipinski definition) is 0. The highest BCUT2D eigenvalue weighted by atomic mass is 16.1. The van der Waals surface area contributed by atoms with Crippen molar-refractivity contribution in [2.75, 3.05) is 0 Å². The maximum Gasteiger partial charge on any atom is 0.165 e. The molecule has 4 aliphatic carbocycles. The predicted molar refractivity (Wildman–Crippen MR) is 113 cm³/mol. The van der Waals surface area contributed by atoms with Crippen molar-refractivity contribution >= 4 is 11.9 Å². The zero-order chi connectivity index (χ0) is 19.5. The highest BCUT2D eigenvalue weighted by molar-refractivity contribution is 6.05. The second-order valence-corrected chi connectivity index (χ2v) is 10.6. The van der Waals surface area contributed by atoms with E-state index in [-0.39, 0.29) is 5.41 Å². The number of fused-ring (bicyclic) bond motifs is 5. The van der Waals surface area contributed by atoms with E-state index in [0.717, 1.165) is 48.4 Å². The molecule has 3 nitrogen and oxygen atoms in total. The first-order valence-electron chi connectivity index (χ1n) is 11.7. The highest BCUT2D eigenvalue weighted by Gasteiger charge is 2.60. The Bertz CT molecular complexity index is 807. The Balaban J connectivity index is 1.47. The molecule has 0 saturated heterocycles. The van der Waals surface area contributed by atoms with Gasteiger partial charge >= 0.3 is 0 Å². The van der Waals surface area contributed by atoms with Gasteiger partial charge in [-0.3, -0.25) is 9.48 Å². The fourth-order valence-electron chi connectivity index (χ4n) is 8.00. The van der Waals surface area contributed by atoms with E-state index in [0.29, 0.717) is 17.1 Å². The molecule has 4 aliphatic rings. The minimum absolute atomic E-state index is 0.123. The Kier molecular flexibility index (Phi) is 4.37. The Morgan fingerprint density at radius 2 is 2.00 bits per heavy atom. The number of carbonyl (C=O) groups excluding carboxylic acids is 1. The molecule has 0 amide bonds. The zero-order valence-corrected chi connectivity index (χ0v) is 17.9. The molecule has 1 aromatic rings. The van der Waals surface area contributed by atoms with Crippen LogP contribution in [0.15, 0.2) is 17.8 Å².